The van der Waals surface area contributed by atoms with Crippen molar-refractivity contribution in [1.82, 2.24) is 5.32 Å². The van der Waals surface area contributed by atoms with Gasteiger partial charge in [0, 0.05) is 18.7 Å². The summed E-state index contributed by atoms with van der Waals surface area (Å²) < 4.78 is 43.4. The molecule has 0 aliphatic rings. The normalized spacial score (nSPS) is 11.0. The number of rotatable bonds is 10. The zero-order chi connectivity index (χ0) is 25.6. The number of benzene rings is 3. The summed E-state index contributed by atoms with van der Waals surface area (Å²) in [6.07, 6.45) is 0. The first-order chi connectivity index (χ1) is 16.7. The molecular formula is C26H30N2O6S. The summed E-state index contributed by atoms with van der Waals surface area (Å²) in [7, 11) is 0.520. The van der Waals surface area contributed by atoms with E-state index in [0.717, 1.165) is 21.2 Å². The Labute approximate surface area is 206 Å². The van der Waals surface area contributed by atoms with Crippen LogP contribution >= 0.6 is 0 Å². The molecule has 0 aliphatic carbocycles. The number of amides is 1. The fraction of sp³-hybridized carbons (Fsp3) is 0.269. The van der Waals surface area contributed by atoms with Gasteiger partial charge < -0.3 is 19.5 Å². The molecule has 0 saturated heterocycles. The molecule has 0 fully saturated rings. The predicted octanol–water partition coefficient (Wildman–Crippen LogP) is 3.95. The number of ether oxygens (including phenoxy) is 3. The molecule has 0 bridgehead atoms. The number of hydrogen-bond acceptors (Lipinski definition) is 6. The van der Waals surface area contributed by atoms with Gasteiger partial charge in [-0.15, -0.1) is 0 Å². The summed E-state index contributed by atoms with van der Waals surface area (Å²) >= 11 is 0. The minimum absolute atomic E-state index is 0.0586. The van der Waals surface area contributed by atoms with Crippen LogP contribution in [0, 0.1) is 13.8 Å². The van der Waals surface area contributed by atoms with Crippen molar-refractivity contribution in [2.45, 2.75) is 18.7 Å². The van der Waals surface area contributed by atoms with Crippen molar-refractivity contribution in [3.05, 3.63) is 77.4 Å². The highest BCUT2D eigenvalue weighted by Gasteiger charge is 2.23. The third-order valence-electron chi connectivity index (χ3n) is 5.48. The Balaban J connectivity index is 1.61. The van der Waals surface area contributed by atoms with Gasteiger partial charge in [-0.3, -0.25) is 9.10 Å². The number of methoxy groups -OCH3 is 2. The minimum Gasteiger partial charge on any atom is -0.493 e. The smallest absolute Gasteiger partial charge is 0.264 e. The zero-order valence-electron chi connectivity index (χ0n) is 20.5. The van der Waals surface area contributed by atoms with Gasteiger partial charge in [-0.25, -0.2) is 8.42 Å². The summed E-state index contributed by atoms with van der Waals surface area (Å²) in [6, 6.07) is 16.7. The second-order valence-corrected chi connectivity index (χ2v) is 9.88. The highest BCUT2D eigenvalue weighted by molar-refractivity contribution is 7.92. The van der Waals surface area contributed by atoms with Crippen molar-refractivity contribution in [2.24, 2.45) is 0 Å². The standard InChI is InChI=1S/C26H30N2O6S/c1-18-6-12-23(19(2)16-18)34-15-14-27-26(29)20-7-9-21(10-8-20)28(3)35(30,31)22-11-13-24(32-4)25(17-22)33-5/h6-13,16-17H,14-15H2,1-5H3,(H,27,29). The number of anilines is 1. The van der Waals surface area contributed by atoms with Crippen LogP contribution < -0.4 is 23.8 Å². The van der Waals surface area contributed by atoms with Crippen LogP contribution in [0.15, 0.2) is 65.6 Å². The van der Waals surface area contributed by atoms with Gasteiger partial charge in [0.25, 0.3) is 15.9 Å². The molecule has 1 amide bonds. The van der Waals surface area contributed by atoms with Crippen LogP contribution in [0.4, 0.5) is 5.69 Å². The molecule has 0 unspecified atom stereocenters. The lowest BCUT2D eigenvalue weighted by atomic mass is 10.1. The SMILES string of the molecule is COc1ccc(S(=O)(=O)N(C)c2ccc(C(=O)NCCOc3ccc(C)cc3C)cc2)cc1OC. The van der Waals surface area contributed by atoms with Gasteiger partial charge in [0.1, 0.15) is 12.4 Å². The number of carbonyl (C=O) groups is 1. The van der Waals surface area contributed by atoms with E-state index in [9.17, 15) is 13.2 Å². The Morgan fingerprint density at radius 2 is 1.54 bits per heavy atom. The van der Waals surface area contributed by atoms with E-state index in [2.05, 4.69) is 5.32 Å². The molecular weight excluding hydrogens is 468 g/mol. The maximum Gasteiger partial charge on any atom is 0.264 e. The van der Waals surface area contributed by atoms with Gasteiger partial charge in [0.05, 0.1) is 31.3 Å². The largest absolute Gasteiger partial charge is 0.493 e. The summed E-state index contributed by atoms with van der Waals surface area (Å²) in [5.41, 5.74) is 3.03. The maximum atomic E-state index is 13.1. The third-order valence-corrected chi connectivity index (χ3v) is 7.26. The maximum absolute atomic E-state index is 13.1. The molecule has 8 nitrogen and oxygen atoms in total. The first kappa shape index (κ1) is 25.9. The van der Waals surface area contributed by atoms with Crippen LogP contribution in [0.2, 0.25) is 0 Å². The number of nitrogens with one attached hydrogen (secondary N) is 1. The van der Waals surface area contributed by atoms with Crippen LogP contribution in [0.5, 0.6) is 17.2 Å². The van der Waals surface area contributed by atoms with Gasteiger partial charge in [-0.2, -0.15) is 0 Å². The Bertz CT molecular complexity index is 1290. The fourth-order valence-electron chi connectivity index (χ4n) is 3.49. The third kappa shape index (κ3) is 6.05. The van der Waals surface area contributed by atoms with Gasteiger partial charge in [-0.05, 0) is 61.9 Å². The summed E-state index contributed by atoms with van der Waals surface area (Å²) in [4.78, 5) is 12.5. The van der Waals surface area contributed by atoms with Crippen LogP contribution in [-0.2, 0) is 10.0 Å². The molecule has 9 heteroatoms. The average molecular weight is 499 g/mol. The van der Waals surface area contributed by atoms with Crippen LogP contribution in [0.1, 0.15) is 21.5 Å². The molecule has 186 valence electrons. The van der Waals surface area contributed by atoms with E-state index in [-0.39, 0.29) is 10.8 Å². The Morgan fingerprint density at radius 3 is 2.17 bits per heavy atom. The lowest BCUT2D eigenvalue weighted by Crippen LogP contribution is -2.28. The molecule has 3 aromatic rings. The number of aryl methyl sites for hydroxylation is 2. The summed E-state index contributed by atoms with van der Waals surface area (Å²) in [5, 5.41) is 2.81. The van der Waals surface area contributed by atoms with Crippen LogP contribution in [-0.4, -0.2) is 48.7 Å². The molecule has 0 saturated carbocycles. The van der Waals surface area contributed by atoms with E-state index < -0.39 is 10.0 Å². The molecule has 0 atom stereocenters. The lowest BCUT2D eigenvalue weighted by molar-refractivity contribution is 0.0947. The number of hydrogen-bond donors (Lipinski definition) is 1. The van der Waals surface area contributed by atoms with Crippen molar-refractivity contribution in [2.75, 3.05) is 38.7 Å². The molecule has 0 radical (unpaired) electrons. The van der Waals surface area contributed by atoms with Gasteiger partial charge in [0.15, 0.2) is 11.5 Å². The molecule has 35 heavy (non-hydrogen) atoms. The predicted molar refractivity (Wildman–Crippen MR) is 135 cm³/mol. The van der Waals surface area contributed by atoms with Crippen molar-refractivity contribution in [3.8, 4) is 17.2 Å². The van der Waals surface area contributed by atoms with E-state index in [1.54, 1.807) is 24.3 Å². The average Bonchev–Trinajstić information content (AvgIpc) is 2.86. The zero-order valence-corrected chi connectivity index (χ0v) is 21.3. The lowest BCUT2D eigenvalue weighted by Gasteiger charge is -2.20. The van der Waals surface area contributed by atoms with Crippen LogP contribution in [0.25, 0.3) is 0 Å². The second-order valence-electron chi connectivity index (χ2n) is 7.91. The van der Waals surface area contributed by atoms with Crippen molar-refractivity contribution >= 4 is 21.6 Å². The molecule has 0 spiro atoms. The van der Waals surface area contributed by atoms with E-state index in [1.807, 2.05) is 32.0 Å². The Kier molecular flexibility index (Phi) is 8.24. The number of sulfonamides is 1. The fourth-order valence-corrected chi connectivity index (χ4v) is 4.70. The Morgan fingerprint density at radius 1 is 0.886 bits per heavy atom. The van der Waals surface area contributed by atoms with Gasteiger partial charge >= 0.3 is 0 Å². The number of nitrogens with zero attached hydrogens (tertiary/aromatic N) is 1. The van der Waals surface area contributed by atoms with Crippen molar-refractivity contribution in [3.63, 3.8) is 0 Å². The van der Waals surface area contributed by atoms with Crippen molar-refractivity contribution in [1.29, 1.82) is 0 Å². The monoisotopic (exact) mass is 498 g/mol. The molecule has 3 rings (SSSR count). The molecule has 1 N–H and O–H groups in total. The highest BCUT2D eigenvalue weighted by atomic mass is 32.2. The van der Waals surface area contributed by atoms with Crippen molar-refractivity contribution < 1.29 is 27.4 Å². The molecule has 0 aromatic heterocycles. The second kappa shape index (κ2) is 11.1. The van der Waals surface area contributed by atoms with E-state index in [0.29, 0.717) is 35.9 Å². The summed E-state index contributed by atoms with van der Waals surface area (Å²) in [6.45, 7) is 4.66. The first-order valence-electron chi connectivity index (χ1n) is 11.0. The molecule has 0 aliphatic heterocycles. The van der Waals surface area contributed by atoms with Crippen LogP contribution in [0.3, 0.4) is 0 Å². The topological polar surface area (TPSA) is 94.2 Å². The quantitative estimate of drug-likeness (QED) is 0.426. The highest BCUT2D eigenvalue weighted by Crippen LogP contribution is 2.31. The van der Waals surface area contributed by atoms with E-state index in [1.165, 1.54) is 39.5 Å². The van der Waals surface area contributed by atoms with Gasteiger partial charge in [0.2, 0.25) is 0 Å². The summed E-state index contributed by atoms with van der Waals surface area (Å²) in [5.74, 6) is 1.26. The molecule has 0 heterocycles. The Hall–Kier alpha value is -3.72. The van der Waals surface area contributed by atoms with E-state index in [4.69, 9.17) is 14.2 Å². The number of carbonyl (C=O) groups excluding carboxylic acids is 1. The minimum atomic E-state index is -3.85. The first-order valence-corrected chi connectivity index (χ1v) is 12.4. The molecule has 3 aromatic carbocycles. The van der Waals surface area contributed by atoms with Gasteiger partial charge in [-0.1, -0.05) is 17.7 Å². The van der Waals surface area contributed by atoms with E-state index >= 15 is 0 Å².